The van der Waals surface area contributed by atoms with E-state index in [9.17, 15) is 18.7 Å². The van der Waals surface area contributed by atoms with Gasteiger partial charge in [-0.3, -0.25) is 9.78 Å². The topological polar surface area (TPSA) is 50.2 Å². The molecule has 1 radical (unpaired) electrons. The van der Waals surface area contributed by atoms with Gasteiger partial charge in [0.2, 0.25) is 0 Å². The molecule has 255 valence electrons. The van der Waals surface area contributed by atoms with Gasteiger partial charge in [-0.15, -0.1) is 23.6 Å². The molecule has 0 amide bonds. The number of carbonyl (C=O) groups is 1. The molecule has 1 N–H and O–H groups in total. The number of benzene rings is 5. The molecule has 0 unspecified atom stereocenters. The van der Waals surface area contributed by atoms with Crippen LogP contribution in [0.1, 0.15) is 78.4 Å². The number of aliphatic hydroxyl groups is 1. The molecule has 0 atom stereocenters. The van der Waals surface area contributed by atoms with Crippen LogP contribution < -0.4 is 0 Å². The molecule has 1 aliphatic rings. The number of allylic oxidation sites excluding steroid dienone is 2. The van der Waals surface area contributed by atoms with Gasteiger partial charge in [0, 0.05) is 61.4 Å². The summed E-state index contributed by atoms with van der Waals surface area (Å²) < 4.78 is 28.8. The molecule has 0 bridgehead atoms. The van der Waals surface area contributed by atoms with E-state index >= 15 is 0 Å². The van der Waals surface area contributed by atoms with E-state index in [0.717, 1.165) is 86.5 Å². The van der Waals surface area contributed by atoms with E-state index in [-0.39, 0.29) is 48.9 Å². The Morgan fingerprint density at radius 2 is 1.47 bits per heavy atom. The van der Waals surface area contributed by atoms with E-state index in [0.29, 0.717) is 10.8 Å². The third-order valence-corrected chi connectivity index (χ3v) is 10.3. The molecule has 6 aromatic rings. The van der Waals surface area contributed by atoms with E-state index < -0.39 is 11.6 Å². The van der Waals surface area contributed by atoms with E-state index in [1.807, 2.05) is 58.2 Å². The van der Waals surface area contributed by atoms with Gasteiger partial charge in [0.25, 0.3) is 0 Å². The van der Waals surface area contributed by atoms with Gasteiger partial charge in [0.15, 0.2) is 5.78 Å². The number of hydrogen-bond donors (Lipinski definition) is 1. The van der Waals surface area contributed by atoms with E-state index in [4.69, 9.17) is 4.98 Å². The number of carbonyl (C=O) groups excluding carboxylic acids is 1. The van der Waals surface area contributed by atoms with Crippen molar-refractivity contribution in [2.45, 2.75) is 72.6 Å². The molecule has 0 aliphatic heterocycles. The van der Waals surface area contributed by atoms with Crippen LogP contribution >= 0.6 is 0 Å². The Labute approximate surface area is 300 Å². The Hall–Kier alpha value is -3.99. The van der Waals surface area contributed by atoms with Crippen LogP contribution in [0, 0.1) is 29.5 Å². The molecule has 0 spiro atoms. The summed E-state index contributed by atoms with van der Waals surface area (Å²) >= 11 is 0. The summed E-state index contributed by atoms with van der Waals surface area (Å²) in [6.07, 6.45) is 6.73. The van der Waals surface area contributed by atoms with Gasteiger partial charge in [0.1, 0.15) is 11.6 Å². The van der Waals surface area contributed by atoms with Crippen molar-refractivity contribution >= 4 is 48.9 Å². The summed E-state index contributed by atoms with van der Waals surface area (Å²) in [5.74, 6) is -0.560. The summed E-state index contributed by atoms with van der Waals surface area (Å²) in [5.41, 5.74) is 3.86. The molecular weight excluding hydrogens is 793 g/mol. The van der Waals surface area contributed by atoms with Crippen LogP contribution in [0.25, 0.3) is 54.3 Å². The second-order valence-electron chi connectivity index (χ2n) is 13.4. The van der Waals surface area contributed by atoms with Crippen molar-refractivity contribution in [3.05, 3.63) is 114 Å². The van der Waals surface area contributed by atoms with Gasteiger partial charge >= 0.3 is 0 Å². The Kier molecular flexibility index (Phi) is 10.7. The van der Waals surface area contributed by atoms with E-state index in [2.05, 4.69) is 44.2 Å². The standard InChI is InChI=1S/C30H18F2N.C13H24O2.Ir/c1-30(2)25-12-17-6-4-3-5-16(17)11-24(25)29-28-21(9-10-33-29)19-7-8-20-22(23(19)15-26(28)30)13-18(31)14-27(20)32;1-5-10(6-2)12(14)9-13(15)11(7-3)8-4;/h3-10,12-15H,1-2H3;9-11,14H,5-8H2,1-4H3;/q-1;;/b;12-9-;. The van der Waals surface area contributed by atoms with Crippen LogP contribution in [-0.4, -0.2) is 15.9 Å². The third kappa shape index (κ3) is 6.42. The van der Waals surface area contributed by atoms with Crippen LogP contribution in [0.3, 0.4) is 0 Å². The predicted molar refractivity (Wildman–Crippen MR) is 194 cm³/mol. The van der Waals surface area contributed by atoms with Crippen molar-refractivity contribution in [1.29, 1.82) is 0 Å². The average Bonchev–Trinajstić information content (AvgIpc) is 3.07. The summed E-state index contributed by atoms with van der Waals surface area (Å²) in [7, 11) is 0. The molecule has 0 fully saturated rings. The molecule has 7 rings (SSSR count). The van der Waals surface area contributed by atoms with Crippen molar-refractivity contribution < 1.29 is 38.8 Å². The minimum atomic E-state index is -0.567. The zero-order valence-corrected chi connectivity index (χ0v) is 31.3. The maximum Gasteiger partial charge on any atom is 0.162 e. The molecule has 49 heavy (non-hydrogen) atoms. The normalized spacial score (nSPS) is 13.5. The first-order valence-electron chi connectivity index (χ1n) is 17.1. The van der Waals surface area contributed by atoms with Crippen LogP contribution in [0.15, 0.2) is 84.8 Å². The van der Waals surface area contributed by atoms with Gasteiger partial charge in [0.05, 0.1) is 5.76 Å². The largest absolute Gasteiger partial charge is 0.512 e. The van der Waals surface area contributed by atoms with Crippen molar-refractivity contribution in [3.63, 3.8) is 0 Å². The molecule has 1 aromatic heterocycles. The number of hydrogen-bond acceptors (Lipinski definition) is 3. The van der Waals surface area contributed by atoms with Gasteiger partial charge in [-0.2, -0.15) is 0 Å². The number of pyridine rings is 1. The molecule has 1 aliphatic carbocycles. The first-order valence-corrected chi connectivity index (χ1v) is 17.1. The summed E-state index contributed by atoms with van der Waals surface area (Å²) in [6, 6.07) is 24.3. The van der Waals surface area contributed by atoms with Crippen LogP contribution in [0.4, 0.5) is 8.78 Å². The summed E-state index contributed by atoms with van der Waals surface area (Å²) in [5, 5.41) is 16.9. The molecule has 6 heteroatoms. The first-order chi connectivity index (χ1) is 23.0. The molecule has 1 heterocycles. The van der Waals surface area contributed by atoms with E-state index in [1.165, 1.54) is 12.1 Å². The Morgan fingerprint density at radius 1 is 0.816 bits per heavy atom. The SMILES string of the molecule is CC1(C)c2cc3ccccc3[c-]c2-c2nccc3c2c1cc1c2cc(F)cc(F)c2ccc31.CCC(CC)C(=O)/C=C(\O)C(CC)CC.[Ir]. The number of aromatic nitrogens is 1. The second kappa shape index (κ2) is 14.5. The molecule has 0 saturated heterocycles. The first kappa shape index (κ1) is 36.3. The minimum Gasteiger partial charge on any atom is -0.512 e. The number of fused-ring (bicyclic) bond motifs is 7. The van der Waals surface area contributed by atoms with Crippen LogP contribution in [-0.2, 0) is 30.3 Å². The van der Waals surface area contributed by atoms with Crippen LogP contribution in [0.5, 0.6) is 0 Å². The molecular formula is C43H42F2IrNO2-. The number of aliphatic hydroxyl groups excluding tert-OH is 1. The fourth-order valence-electron chi connectivity index (χ4n) is 7.40. The van der Waals surface area contributed by atoms with Gasteiger partial charge in [-0.1, -0.05) is 94.5 Å². The monoisotopic (exact) mass is 835 g/mol. The number of rotatable bonds is 7. The second-order valence-corrected chi connectivity index (χ2v) is 13.4. The smallest absolute Gasteiger partial charge is 0.162 e. The molecule has 3 nitrogen and oxygen atoms in total. The fraction of sp³-hybridized carbons (Fsp3) is 0.302. The van der Waals surface area contributed by atoms with Crippen molar-refractivity contribution in [1.82, 2.24) is 4.98 Å². The molecule has 5 aromatic carbocycles. The average molecular weight is 835 g/mol. The van der Waals surface area contributed by atoms with Crippen molar-refractivity contribution in [2.75, 3.05) is 0 Å². The zero-order valence-electron chi connectivity index (χ0n) is 28.9. The Bertz CT molecular complexity index is 2230. The number of ketones is 1. The molecule has 0 saturated carbocycles. The van der Waals surface area contributed by atoms with Crippen molar-refractivity contribution in [2.24, 2.45) is 11.8 Å². The predicted octanol–water partition coefficient (Wildman–Crippen LogP) is 11.9. The Morgan fingerprint density at radius 3 is 2.16 bits per heavy atom. The van der Waals surface area contributed by atoms with Crippen LogP contribution in [0.2, 0.25) is 0 Å². The summed E-state index contributed by atoms with van der Waals surface area (Å²) in [6.45, 7) is 12.5. The quantitative estimate of drug-likeness (QED) is 0.0754. The van der Waals surface area contributed by atoms with Gasteiger partial charge in [-0.25, -0.2) is 8.78 Å². The maximum absolute atomic E-state index is 14.6. The zero-order chi connectivity index (χ0) is 34.3. The number of nitrogens with zero attached hydrogens (tertiary/aromatic N) is 1. The fourth-order valence-corrected chi connectivity index (χ4v) is 7.40. The van der Waals surface area contributed by atoms with Gasteiger partial charge < -0.3 is 5.11 Å². The number of halogens is 2. The van der Waals surface area contributed by atoms with E-state index in [1.54, 1.807) is 6.07 Å². The third-order valence-electron chi connectivity index (χ3n) is 10.3. The van der Waals surface area contributed by atoms with Gasteiger partial charge in [-0.05, 0) is 75.7 Å². The summed E-state index contributed by atoms with van der Waals surface area (Å²) in [4.78, 5) is 16.5. The van der Waals surface area contributed by atoms with Crippen molar-refractivity contribution in [3.8, 4) is 11.3 Å². The minimum absolute atomic E-state index is 0. The maximum atomic E-state index is 14.6. The Balaban J connectivity index is 0.000000252.